The van der Waals surface area contributed by atoms with Crippen molar-refractivity contribution in [2.24, 2.45) is 10.9 Å². The molecule has 154 valence electrons. The first-order chi connectivity index (χ1) is 13.2. The molecule has 0 spiro atoms. The van der Waals surface area contributed by atoms with Gasteiger partial charge in [-0.05, 0) is 45.4 Å². The summed E-state index contributed by atoms with van der Waals surface area (Å²) < 4.78 is 0. The van der Waals surface area contributed by atoms with Crippen molar-refractivity contribution in [2.45, 2.75) is 64.0 Å². The molecule has 27 heavy (non-hydrogen) atoms. The maximum absolute atomic E-state index is 12.3. The molecule has 1 heterocycles. The molecule has 0 radical (unpaired) electrons. The number of rotatable bonds is 6. The third kappa shape index (κ3) is 6.07. The van der Waals surface area contributed by atoms with Crippen LogP contribution < -0.4 is 10.6 Å². The van der Waals surface area contributed by atoms with Crippen LogP contribution in [0, 0.1) is 5.92 Å². The van der Waals surface area contributed by atoms with Gasteiger partial charge in [-0.2, -0.15) is 0 Å². The van der Waals surface area contributed by atoms with E-state index in [1.165, 1.54) is 6.42 Å². The van der Waals surface area contributed by atoms with Gasteiger partial charge in [0.05, 0.1) is 12.6 Å². The van der Waals surface area contributed by atoms with Crippen LogP contribution in [-0.2, 0) is 4.79 Å². The molecule has 0 aromatic carbocycles. The summed E-state index contributed by atoms with van der Waals surface area (Å²) in [6, 6.07) is 0.410. The summed E-state index contributed by atoms with van der Waals surface area (Å²) in [5, 5.41) is 16.5. The molecular formula is C20H37N5O2. The quantitative estimate of drug-likeness (QED) is 0.470. The first kappa shape index (κ1) is 20.4. The van der Waals surface area contributed by atoms with E-state index in [1.54, 1.807) is 0 Å². The molecule has 7 nitrogen and oxygen atoms in total. The van der Waals surface area contributed by atoms with Gasteiger partial charge in [-0.3, -0.25) is 14.7 Å². The highest BCUT2D eigenvalue weighted by atomic mass is 16.3. The van der Waals surface area contributed by atoms with E-state index in [4.69, 9.17) is 4.99 Å². The number of piperazine rings is 1. The highest BCUT2D eigenvalue weighted by Crippen LogP contribution is 2.28. The third-order valence-corrected chi connectivity index (χ3v) is 6.21. The molecule has 0 aromatic heterocycles. The number of nitrogens with zero attached hydrogens (tertiary/aromatic N) is 3. The van der Waals surface area contributed by atoms with Crippen molar-refractivity contribution in [1.29, 1.82) is 0 Å². The monoisotopic (exact) mass is 379 g/mol. The average Bonchev–Trinajstić information content (AvgIpc) is 2.63. The fourth-order valence-corrected chi connectivity index (χ4v) is 4.14. The van der Waals surface area contributed by atoms with Gasteiger partial charge in [-0.1, -0.05) is 6.42 Å². The molecule has 0 bridgehead atoms. The van der Waals surface area contributed by atoms with E-state index in [0.717, 1.165) is 90.3 Å². The van der Waals surface area contributed by atoms with Crippen molar-refractivity contribution in [3.05, 3.63) is 0 Å². The predicted molar refractivity (Wildman–Crippen MR) is 108 cm³/mol. The van der Waals surface area contributed by atoms with Gasteiger partial charge in [-0.15, -0.1) is 0 Å². The van der Waals surface area contributed by atoms with Crippen LogP contribution in [0.1, 0.15) is 51.9 Å². The van der Waals surface area contributed by atoms with Crippen molar-refractivity contribution in [3.8, 4) is 0 Å². The van der Waals surface area contributed by atoms with Crippen LogP contribution >= 0.6 is 0 Å². The third-order valence-electron chi connectivity index (χ3n) is 6.21. The number of aliphatic imine (C=N–C) groups is 1. The van der Waals surface area contributed by atoms with E-state index in [0.29, 0.717) is 17.9 Å². The minimum absolute atomic E-state index is 0.127. The molecule has 1 saturated heterocycles. The lowest BCUT2D eigenvalue weighted by Crippen LogP contribution is -2.51. The SMILES string of the molecule is CCNC(=NCCN1CCN(C(=O)C2CCC2)CC1)NC1CCC(O)CC1. The lowest BCUT2D eigenvalue weighted by Gasteiger charge is -2.38. The van der Waals surface area contributed by atoms with E-state index < -0.39 is 0 Å². The zero-order valence-corrected chi connectivity index (χ0v) is 16.8. The lowest BCUT2D eigenvalue weighted by molar-refractivity contribution is -0.139. The Kier molecular flexibility index (Phi) is 7.76. The molecule has 3 fully saturated rings. The summed E-state index contributed by atoms with van der Waals surface area (Å²) in [5.74, 6) is 1.59. The van der Waals surface area contributed by atoms with Gasteiger partial charge in [-0.25, -0.2) is 0 Å². The minimum atomic E-state index is -0.127. The summed E-state index contributed by atoms with van der Waals surface area (Å²) in [4.78, 5) is 21.5. The second-order valence-corrected chi connectivity index (χ2v) is 8.21. The summed E-state index contributed by atoms with van der Waals surface area (Å²) in [7, 11) is 0. The number of hydrogen-bond donors (Lipinski definition) is 3. The number of amides is 1. The highest BCUT2D eigenvalue weighted by molar-refractivity contribution is 5.80. The first-order valence-corrected chi connectivity index (χ1v) is 10.9. The van der Waals surface area contributed by atoms with Gasteiger partial charge < -0.3 is 20.6 Å². The smallest absolute Gasteiger partial charge is 0.225 e. The molecule has 0 aromatic rings. The maximum Gasteiger partial charge on any atom is 0.225 e. The number of aliphatic hydroxyl groups excluding tert-OH is 1. The second kappa shape index (κ2) is 10.3. The average molecular weight is 380 g/mol. The standard InChI is InChI=1S/C20H37N5O2/c1-2-21-20(23-17-6-8-18(26)9-7-17)22-10-11-24-12-14-25(15-13-24)19(27)16-4-3-5-16/h16-18,26H,2-15H2,1H3,(H2,21,22,23). The molecule has 3 rings (SSSR count). The lowest BCUT2D eigenvalue weighted by atomic mass is 9.84. The van der Waals surface area contributed by atoms with E-state index in [1.807, 2.05) is 0 Å². The Bertz CT molecular complexity index is 493. The van der Waals surface area contributed by atoms with Crippen LogP contribution in [0.15, 0.2) is 4.99 Å². The molecule has 2 aliphatic carbocycles. The normalized spacial score (nSPS) is 27.9. The Balaban J connectivity index is 1.37. The Hall–Kier alpha value is -1.34. The van der Waals surface area contributed by atoms with Gasteiger partial charge in [0.15, 0.2) is 5.96 Å². The fraction of sp³-hybridized carbons (Fsp3) is 0.900. The summed E-state index contributed by atoms with van der Waals surface area (Å²) in [5.41, 5.74) is 0. The summed E-state index contributed by atoms with van der Waals surface area (Å²) in [6.07, 6.45) is 7.03. The molecule has 1 amide bonds. The number of hydrogen-bond acceptors (Lipinski definition) is 4. The fourth-order valence-electron chi connectivity index (χ4n) is 4.14. The number of carbonyl (C=O) groups excluding carboxylic acids is 1. The molecule has 0 unspecified atom stereocenters. The van der Waals surface area contributed by atoms with Crippen molar-refractivity contribution < 1.29 is 9.90 Å². The van der Waals surface area contributed by atoms with Gasteiger partial charge in [0, 0.05) is 51.2 Å². The van der Waals surface area contributed by atoms with Crippen LogP contribution in [0.5, 0.6) is 0 Å². The van der Waals surface area contributed by atoms with Crippen LogP contribution in [0.25, 0.3) is 0 Å². The molecule has 3 N–H and O–H groups in total. The molecule has 2 saturated carbocycles. The van der Waals surface area contributed by atoms with Crippen LogP contribution in [-0.4, -0.2) is 84.7 Å². The van der Waals surface area contributed by atoms with Crippen molar-refractivity contribution in [2.75, 3.05) is 45.8 Å². The highest BCUT2D eigenvalue weighted by Gasteiger charge is 2.31. The van der Waals surface area contributed by atoms with Crippen molar-refractivity contribution in [1.82, 2.24) is 20.4 Å². The minimum Gasteiger partial charge on any atom is -0.393 e. The zero-order valence-electron chi connectivity index (χ0n) is 16.8. The van der Waals surface area contributed by atoms with Crippen LogP contribution in [0.3, 0.4) is 0 Å². The van der Waals surface area contributed by atoms with Crippen LogP contribution in [0.4, 0.5) is 0 Å². The van der Waals surface area contributed by atoms with Gasteiger partial charge in [0.25, 0.3) is 0 Å². The van der Waals surface area contributed by atoms with Crippen molar-refractivity contribution in [3.63, 3.8) is 0 Å². The Morgan fingerprint density at radius 2 is 1.78 bits per heavy atom. The van der Waals surface area contributed by atoms with Crippen molar-refractivity contribution >= 4 is 11.9 Å². The molecule has 0 atom stereocenters. The summed E-state index contributed by atoms with van der Waals surface area (Å²) in [6.45, 7) is 8.27. The largest absolute Gasteiger partial charge is 0.393 e. The van der Waals surface area contributed by atoms with Gasteiger partial charge in [0.1, 0.15) is 0 Å². The Morgan fingerprint density at radius 3 is 2.37 bits per heavy atom. The molecule has 7 heteroatoms. The number of carbonyl (C=O) groups is 1. The molecule has 3 aliphatic rings. The Morgan fingerprint density at radius 1 is 1.07 bits per heavy atom. The first-order valence-electron chi connectivity index (χ1n) is 10.9. The molecular weight excluding hydrogens is 342 g/mol. The molecule has 1 aliphatic heterocycles. The van der Waals surface area contributed by atoms with Crippen LogP contribution in [0.2, 0.25) is 0 Å². The number of nitrogens with one attached hydrogen (secondary N) is 2. The van der Waals surface area contributed by atoms with Gasteiger partial charge in [0.2, 0.25) is 5.91 Å². The predicted octanol–water partition coefficient (Wildman–Crippen LogP) is 0.789. The van der Waals surface area contributed by atoms with Gasteiger partial charge >= 0.3 is 0 Å². The number of guanidine groups is 1. The topological polar surface area (TPSA) is 80.2 Å². The second-order valence-electron chi connectivity index (χ2n) is 8.21. The van der Waals surface area contributed by atoms with E-state index >= 15 is 0 Å². The van der Waals surface area contributed by atoms with E-state index in [2.05, 4.69) is 27.4 Å². The van der Waals surface area contributed by atoms with E-state index in [-0.39, 0.29) is 6.10 Å². The number of aliphatic hydroxyl groups is 1. The Labute approximate surface area is 163 Å². The zero-order chi connectivity index (χ0) is 19.1. The van der Waals surface area contributed by atoms with E-state index in [9.17, 15) is 9.90 Å². The summed E-state index contributed by atoms with van der Waals surface area (Å²) >= 11 is 0. The maximum atomic E-state index is 12.3.